The second-order valence-electron chi connectivity index (χ2n) is 5.64. The van der Waals surface area contributed by atoms with E-state index in [0.717, 1.165) is 10.7 Å². The topological polar surface area (TPSA) is 34.9 Å². The second-order valence-corrected chi connectivity index (χ2v) is 6.90. The maximum atomic E-state index is 14.2. The Morgan fingerprint density at radius 2 is 1.88 bits per heavy atom. The zero-order valence-electron chi connectivity index (χ0n) is 12.8. The van der Waals surface area contributed by atoms with Gasteiger partial charge in [0.2, 0.25) is 0 Å². The third kappa shape index (κ3) is 2.74. The molecule has 0 saturated heterocycles. The van der Waals surface area contributed by atoms with Crippen LogP contribution in [0.1, 0.15) is 25.5 Å². The van der Waals surface area contributed by atoms with Gasteiger partial charge in [-0.25, -0.2) is 8.78 Å². The van der Waals surface area contributed by atoms with E-state index >= 15 is 0 Å². The molecule has 0 amide bonds. The number of benzene rings is 2. The highest BCUT2D eigenvalue weighted by Crippen LogP contribution is 2.28. The van der Waals surface area contributed by atoms with Gasteiger partial charge >= 0.3 is 0 Å². The Hall–Kier alpha value is -1.79. The Morgan fingerprint density at radius 3 is 2.50 bits per heavy atom. The van der Waals surface area contributed by atoms with Crippen molar-refractivity contribution in [2.24, 2.45) is 0 Å². The molecule has 0 unspecified atom stereocenters. The van der Waals surface area contributed by atoms with Gasteiger partial charge in [0.15, 0.2) is 5.82 Å². The van der Waals surface area contributed by atoms with Crippen molar-refractivity contribution in [3.8, 4) is 5.69 Å². The molecular weight excluding hydrogens is 402 g/mol. The second kappa shape index (κ2) is 6.26. The van der Waals surface area contributed by atoms with Gasteiger partial charge in [0.25, 0.3) is 5.56 Å². The average molecular weight is 414 g/mol. The molecule has 0 spiro atoms. The zero-order chi connectivity index (χ0) is 17.6. The lowest BCUT2D eigenvalue weighted by molar-refractivity contribution is 0.601. The molecule has 0 bridgehead atoms. The van der Waals surface area contributed by atoms with Crippen LogP contribution < -0.4 is 5.56 Å². The van der Waals surface area contributed by atoms with Crippen molar-refractivity contribution in [3.05, 3.63) is 67.5 Å². The minimum Gasteiger partial charge on any atom is -0.267 e. The largest absolute Gasteiger partial charge is 0.279 e. The zero-order valence-corrected chi connectivity index (χ0v) is 15.1. The molecule has 0 saturated carbocycles. The van der Waals surface area contributed by atoms with Crippen molar-refractivity contribution >= 4 is 38.3 Å². The van der Waals surface area contributed by atoms with Crippen LogP contribution in [-0.2, 0) is 0 Å². The molecule has 7 heteroatoms. The molecule has 3 aromatic rings. The van der Waals surface area contributed by atoms with Crippen LogP contribution in [0.2, 0.25) is 5.02 Å². The summed E-state index contributed by atoms with van der Waals surface area (Å²) in [6, 6.07) is 6.74. The summed E-state index contributed by atoms with van der Waals surface area (Å²) < 4.78 is 29.3. The van der Waals surface area contributed by atoms with Crippen LogP contribution in [0, 0.1) is 11.6 Å². The SMILES string of the molecule is CC(C)c1nn(-c2c(F)cccc2Cl)c(=O)c2cc(F)c(Br)cc12. The fourth-order valence-corrected chi connectivity index (χ4v) is 3.11. The van der Waals surface area contributed by atoms with E-state index in [1.165, 1.54) is 24.3 Å². The van der Waals surface area contributed by atoms with Crippen molar-refractivity contribution < 1.29 is 8.78 Å². The van der Waals surface area contributed by atoms with Crippen molar-refractivity contribution in [2.75, 3.05) is 0 Å². The lowest BCUT2D eigenvalue weighted by Gasteiger charge is -2.15. The van der Waals surface area contributed by atoms with E-state index in [4.69, 9.17) is 11.6 Å². The summed E-state index contributed by atoms with van der Waals surface area (Å²) in [5.74, 6) is -1.32. The van der Waals surface area contributed by atoms with Crippen LogP contribution >= 0.6 is 27.5 Å². The summed E-state index contributed by atoms with van der Waals surface area (Å²) in [6.45, 7) is 3.77. The first-order valence-electron chi connectivity index (χ1n) is 7.17. The maximum absolute atomic E-state index is 14.2. The number of rotatable bonds is 2. The molecule has 2 aromatic carbocycles. The van der Waals surface area contributed by atoms with Gasteiger partial charge in [0.1, 0.15) is 11.5 Å². The number of nitrogens with zero attached hydrogens (tertiary/aromatic N) is 2. The number of fused-ring (bicyclic) bond motifs is 1. The van der Waals surface area contributed by atoms with Gasteiger partial charge in [0.05, 0.1) is 20.6 Å². The lowest BCUT2D eigenvalue weighted by atomic mass is 10.0. The highest BCUT2D eigenvalue weighted by molar-refractivity contribution is 9.10. The Morgan fingerprint density at radius 1 is 1.17 bits per heavy atom. The Kier molecular flexibility index (Phi) is 4.44. The number of halogens is 4. The predicted molar refractivity (Wildman–Crippen MR) is 94.1 cm³/mol. The molecule has 1 heterocycles. The van der Waals surface area contributed by atoms with Gasteiger partial charge in [-0.1, -0.05) is 31.5 Å². The Balaban J connectivity index is 2.49. The molecule has 0 N–H and O–H groups in total. The van der Waals surface area contributed by atoms with Crippen molar-refractivity contribution in [1.29, 1.82) is 0 Å². The third-order valence-electron chi connectivity index (χ3n) is 3.66. The first-order valence-corrected chi connectivity index (χ1v) is 8.34. The molecule has 3 rings (SSSR count). The summed E-state index contributed by atoms with van der Waals surface area (Å²) in [5, 5.41) is 4.99. The van der Waals surface area contributed by atoms with E-state index in [1.807, 2.05) is 13.8 Å². The molecule has 0 aliphatic heterocycles. The lowest BCUT2D eigenvalue weighted by Crippen LogP contribution is -2.25. The summed E-state index contributed by atoms with van der Waals surface area (Å²) >= 11 is 9.17. The van der Waals surface area contributed by atoms with Crippen molar-refractivity contribution in [1.82, 2.24) is 9.78 Å². The number of aromatic nitrogens is 2. The number of hydrogen-bond acceptors (Lipinski definition) is 2. The van der Waals surface area contributed by atoms with Crippen LogP contribution in [-0.4, -0.2) is 9.78 Å². The van der Waals surface area contributed by atoms with Crippen LogP contribution in [0.5, 0.6) is 0 Å². The van der Waals surface area contributed by atoms with Crippen molar-refractivity contribution in [2.45, 2.75) is 19.8 Å². The molecule has 124 valence electrons. The predicted octanol–water partition coefficient (Wildman–Crippen LogP) is 5.20. The fraction of sp³-hybridized carbons (Fsp3) is 0.176. The molecule has 3 nitrogen and oxygen atoms in total. The van der Waals surface area contributed by atoms with Gasteiger partial charge in [-0.15, -0.1) is 0 Å². The van der Waals surface area contributed by atoms with Crippen LogP contribution in [0.3, 0.4) is 0 Å². The van der Waals surface area contributed by atoms with E-state index in [9.17, 15) is 13.6 Å². The maximum Gasteiger partial charge on any atom is 0.279 e. The monoisotopic (exact) mass is 412 g/mol. The average Bonchev–Trinajstić information content (AvgIpc) is 2.51. The standard InChI is InChI=1S/C17H12BrClF2N2O/c1-8(2)15-9-6-11(18)14(21)7-10(9)17(24)23(22-15)16-12(19)4-3-5-13(16)20/h3-8H,1-2H3. The first kappa shape index (κ1) is 17.0. The number of para-hydroxylation sites is 1. The molecule has 0 fully saturated rings. The van der Waals surface area contributed by atoms with E-state index < -0.39 is 17.2 Å². The first-order chi connectivity index (χ1) is 11.3. The molecule has 0 aliphatic rings. The minimum absolute atomic E-state index is 0.0521. The summed E-state index contributed by atoms with van der Waals surface area (Å²) in [5.41, 5.74) is -0.228. The minimum atomic E-state index is -0.677. The van der Waals surface area contributed by atoms with Gasteiger partial charge in [-0.3, -0.25) is 4.79 Å². The highest BCUT2D eigenvalue weighted by Gasteiger charge is 2.19. The summed E-state index contributed by atoms with van der Waals surface area (Å²) in [4.78, 5) is 12.8. The molecule has 1 aromatic heterocycles. The summed E-state index contributed by atoms with van der Waals surface area (Å²) in [6.07, 6.45) is 0. The molecule has 0 radical (unpaired) electrons. The van der Waals surface area contributed by atoms with Crippen LogP contribution in [0.4, 0.5) is 8.78 Å². The fourth-order valence-electron chi connectivity index (χ4n) is 2.53. The Bertz CT molecular complexity index is 997. The van der Waals surface area contributed by atoms with E-state index in [-0.39, 0.29) is 26.5 Å². The normalized spacial score (nSPS) is 11.5. The van der Waals surface area contributed by atoms with E-state index in [0.29, 0.717) is 11.1 Å². The third-order valence-corrected chi connectivity index (χ3v) is 4.58. The number of hydrogen-bond donors (Lipinski definition) is 0. The van der Waals surface area contributed by atoms with Gasteiger partial charge in [-0.05, 0) is 46.1 Å². The quantitative estimate of drug-likeness (QED) is 0.578. The molecule has 0 atom stereocenters. The van der Waals surface area contributed by atoms with Crippen LogP contribution in [0.25, 0.3) is 16.5 Å². The molecule has 24 heavy (non-hydrogen) atoms. The van der Waals surface area contributed by atoms with Gasteiger partial charge in [0, 0.05) is 5.39 Å². The smallest absolute Gasteiger partial charge is 0.267 e. The van der Waals surface area contributed by atoms with E-state index in [2.05, 4.69) is 21.0 Å². The molecular formula is C17H12BrClF2N2O. The Labute approximate surface area is 150 Å². The van der Waals surface area contributed by atoms with Crippen molar-refractivity contribution in [3.63, 3.8) is 0 Å². The van der Waals surface area contributed by atoms with Gasteiger partial charge in [-0.2, -0.15) is 9.78 Å². The summed E-state index contributed by atoms with van der Waals surface area (Å²) in [7, 11) is 0. The molecule has 0 aliphatic carbocycles. The van der Waals surface area contributed by atoms with E-state index in [1.54, 1.807) is 0 Å². The van der Waals surface area contributed by atoms with Crippen LogP contribution in [0.15, 0.2) is 39.6 Å². The highest BCUT2D eigenvalue weighted by atomic mass is 79.9. The van der Waals surface area contributed by atoms with Gasteiger partial charge < -0.3 is 0 Å².